The van der Waals surface area contributed by atoms with Crippen molar-refractivity contribution in [1.29, 1.82) is 5.26 Å². The zero-order valence-electron chi connectivity index (χ0n) is 13.2. The lowest BCUT2D eigenvalue weighted by atomic mass is 10.1. The van der Waals surface area contributed by atoms with Gasteiger partial charge in [-0.15, -0.1) is 0 Å². The van der Waals surface area contributed by atoms with E-state index in [4.69, 9.17) is 10.00 Å². The lowest BCUT2D eigenvalue weighted by Crippen LogP contribution is -2.28. The van der Waals surface area contributed by atoms with Gasteiger partial charge in [-0.05, 0) is 44.0 Å². The zero-order valence-corrected chi connectivity index (χ0v) is 13.2. The van der Waals surface area contributed by atoms with E-state index in [0.717, 1.165) is 11.1 Å². The first-order valence-corrected chi connectivity index (χ1v) is 7.30. The number of amides is 1. The van der Waals surface area contributed by atoms with Crippen LogP contribution < -0.4 is 0 Å². The molecule has 0 spiro atoms. The number of nitrogens with zero attached hydrogens (tertiary/aromatic N) is 2. The summed E-state index contributed by atoms with van der Waals surface area (Å²) < 4.78 is 5.20. The van der Waals surface area contributed by atoms with Crippen LogP contribution in [0.2, 0.25) is 0 Å². The van der Waals surface area contributed by atoms with Gasteiger partial charge in [0.2, 0.25) is 5.91 Å². The highest BCUT2D eigenvalue weighted by molar-refractivity contribution is 5.82. The van der Waals surface area contributed by atoms with Gasteiger partial charge < -0.3 is 9.64 Å². The molecular weight excluding hydrogens is 280 g/mol. The molecule has 0 N–H and O–H groups in total. The molecule has 22 heavy (non-hydrogen) atoms. The Kier molecular flexibility index (Phi) is 4.51. The lowest BCUT2D eigenvalue weighted by Gasteiger charge is -2.20. The van der Waals surface area contributed by atoms with Gasteiger partial charge in [0, 0.05) is 19.5 Å². The predicted octanol–water partition coefficient (Wildman–Crippen LogP) is 2.52. The molecule has 116 valence electrons. The highest BCUT2D eigenvalue weighted by Crippen LogP contribution is 2.24. The van der Waals surface area contributed by atoms with Crippen molar-refractivity contribution in [2.24, 2.45) is 0 Å². The Bertz CT molecular complexity index is 638. The number of fused-ring (bicyclic) bond motifs is 1. The largest absolute Gasteiger partial charge is 0.460 e. The van der Waals surface area contributed by atoms with E-state index in [1.165, 1.54) is 0 Å². The van der Waals surface area contributed by atoms with Crippen molar-refractivity contribution < 1.29 is 14.3 Å². The summed E-state index contributed by atoms with van der Waals surface area (Å²) in [7, 11) is 0. The van der Waals surface area contributed by atoms with Gasteiger partial charge in [-0.2, -0.15) is 5.26 Å². The van der Waals surface area contributed by atoms with Crippen LogP contribution in [-0.2, 0) is 27.4 Å². The van der Waals surface area contributed by atoms with Crippen molar-refractivity contribution in [3.63, 3.8) is 0 Å². The van der Waals surface area contributed by atoms with Gasteiger partial charge in [0.05, 0.1) is 18.1 Å². The number of hydrogen-bond acceptors (Lipinski definition) is 4. The molecule has 0 aliphatic carbocycles. The highest BCUT2D eigenvalue weighted by atomic mass is 16.6. The fourth-order valence-electron chi connectivity index (χ4n) is 2.40. The second-order valence-electron chi connectivity index (χ2n) is 6.43. The number of rotatable bonds is 3. The molecule has 0 atom stereocenters. The summed E-state index contributed by atoms with van der Waals surface area (Å²) in [5.41, 5.74) is 2.13. The maximum Gasteiger partial charge on any atom is 0.306 e. The number of hydrogen-bond donors (Lipinski definition) is 0. The summed E-state index contributed by atoms with van der Waals surface area (Å²) in [6.07, 6.45) is 0.237. The SMILES string of the molecule is CC(C)(C)OC(=O)CCC(=O)N1Cc2ccc(C#N)cc2C1. The smallest absolute Gasteiger partial charge is 0.306 e. The third-order valence-corrected chi connectivity index (χ3v) is 3.37. The Morgan fingerprint density at radius 2 is 1.91 bits per heavy atom. The summed E-state index contributed by atoms with van der Waals surface area (Å²) in [5, 5.41) is 8.90. The zero-order chi connectivity index (χ0) is 16.3. The number of carbonyl (C=O) groups is 2. The third-order valence-electron chi connectivity index (χ3n) is 3.37. The standard InChI is InChI=1S/C17H20N2O3/c1-17(2,3)22-16(21)7-6-15(20)19-10-13-5-4-12(9-18)8-14(13)11-19/h4-5,8H,6-7,10-11H2,1-3H3. The van der Waals surface area contributed by atoms with E-state index in [1.54, 1.807) is 31.7 Å². The molecule has 0 bridgehead atoms. The Hall–Kier alpha value is -2.35. The average molecular weight is 300 g/mol. The summed E-state index contributed by atoms with van der Waals surface area (Å²) in [4.78, 5) is 25.5. The molecule has 0 saturated carbocycles. The van der Waals surface area contributed by atoms with Gasteiger partial charge in [0.1, 0.15) is 5.60 Å². The molecule has 5 nitrogen and oxygen atoms in total. The van der Waals surface area contributed by atoms with E-state index in [9.17, 15) is 9.59 Å². The van der Waals surface area contributed by atoms with Crippen LogP contribution in [0, 0.1) is 11.3 Å². The molecule has 2 rings (SSSR count). The fraction of sp³-hybridized carbons (Fsp3) is 0.471. The normalized spacial score (nSPS) is 13.5. The van der Waals surface area contributed by atoms with Crippen molar-refractivity contribution >= 4 is 11.9 Å². The van der Waals surface area contributed by atoms with Crippen LogP contribution >= 0.6 is 0 Å². The van der Waals surface area contributed by atoms with E-state index >= 15 is 0 Å². The molecule has 0 unspecified atom stereocenters. The monoisotopic (exact) mass is 300 g/mol. The molecule has 1 aromatic rings. The van der Waals surface area contributed by atoms with E-state index in [0.29, 0.717) is 18.7 Å². The Morgan fingerprint density at radius 3 is 2.55 bits per heavy atom. The molecule has 1 aliphatic rings. The average Bonchev–Trinajstić information content (AvgIpc) is 2.85. The Morgan fingerprint density at radius 1 is 1.23 bits per heavy atom. The highest BCUT2D eigenvalue weighted by Gasteiger charge is 2.24. The Labute approximate surface area is 130 Å². The maximum atomic E-state index is 12.2. The van der Waals surface area contributed by atoms with Crippen molar-refractivity contribution in [1.82, 2.24) is 4.90 Å². The molecule has 5 heteroatoms. The quantitative estimate of drug-likeness (QED) is 0.804. The lowest BCUT2D eigenvalue weighted by molar-refractivity contribution is -0.156. The molecule has 0 radical (unpaired) electrons. The van der Waals surface area contributed by atoms with Crippen LogP contribution in [0.3, 0.4) is 0 Å². The molecule has 0 saturated heterocycles. The predicted molar refractivity (Wildman–Crippen MR) is 80.5 cm³/mol. The minimum absolute atomic E-state index is 0.0689. The van der Waals surface area contributed by atoms with Gasteiger partial charge in [-0.3, -0.25) is 9.59 Å². The van der Waals surface area contributed by atoms with Crippen LogP contribution in [0.1, 0.15) is 50.3 Å². The number of benzene rings is 1. The van der Waals surface area contributed by atoms with Gasteiger partial charge in [-0.1, -0.05) is 6.07 Å². The van der Waals surface area contributed by atoms with Crippen LogP contribution in [0.25, 0.3) is 0 Å². The number of ether oxygens (including phenoxy) is 1. The molecular formula is C17H20N2O3. The van der Waals surface area contributed by atoms with Crippen LogP contribution in [-0.4, -0.2) is 22.4 Å². The number of esters is 1. The number of nitriles is 1. The minimum atomic E-state index is -0.530. The van der Waals surface area contributed by atoms with Crippen LogP contribution in [0.5, 0.6) is 0 Å². The maximum absolute atomic E-state index is 12.2. The van der Waals surface area contributed by atoms with E-state index in [1.807, 2.05) is 12.1 Å². The molecule has 1 aromatic carbocycles. The fourth-order valence-corrected chi connectivity index (χ4v) is 2.40. The van der Waals surface area contributed by atoms with E-state index in [-0.39, 0.29) is 24.7 Å². The van der Waals surface area contributed by atoms with Gasteiger partial charge >= 0.3 is 5.97 Å². The van der Waals surface area contributed by atoms with Crippen molar-refractivity contribution in [3.05, 3.63) is 34.9 Å². The summed E-state index contributed by atoms with van der Waals surface area (Å²) in [5.74, 6) is -0.426. The second kappa shape index (κ2) is 6.18. The summed E-state index contributed by atoms with van der Waals surface area (Å²) in [6, 6.07) is 7.56. The van der Waals surface area contributed by atoms with Crippen molar-refractivity contribution in [2.75, 3.05) is 0 Å². The third kappa shape index (κ3) is 4.08. The van der Waals surface area contributed by atoms with Crippen molar-refractivity contribution in [2.45, 2.75) is 52.3 Å². The van der Waals surface area contributed by atoms with Gasteiger partial charge in [0.15, 0.2) is 0 Å². The van der Waals surface area contributed by atoms with E-state index < -0.39 is 5.60 Å². The molecule has 0 fully saturated rings. The molecule has 1 amide bonds. The first-order valence-electron chi connectivity index (χ1n) is 7.30. The molecule has 0 aromatic heterocycles. The van der Waals surface area contributed by atoms with E-state index in [2.05, 4.69) is 6.07 Å². The van der Waals surface area contributed by atoms with Gasteiger partial charge in [-0.25, -0.2) is 0 Å². The second-order valence-corrected chi connectivity index (χ2v) is 6.43. The van der Waals surface area contributed by atoms with Gasteiger partial charge in [0.25, 0.3) is 0 Å². The Balaban J connectivity index is 1.88. The van der Waals surface area contributed by atoms with Crippen molar-refractivity contribution in [3.8, 4) is 6.07 Å². The minimum Gasteiger partial charge on any atom is -0.460 e. The summed E-state index contributed by atoms with van der Waals surface area (Å²) >= 11 is 0. The molecule has 1 heterocycles. The first kappa shape index (κ1) is 16.0. The first-order chi connectivity index (χ1) is 10.3. The van der Waals surface area contributed by atoms with Crippen LogP contribution in [0.4, 0.5) is 0 Å². The summed E-state index contributed by atoms with van der Waals surface area (Å²) in [6.45, 7) is 6.44. The number of carbonyl (C=O) groups excluding carboxylic acids is 2. The molecule has 1 aliphatic heterocycles. The topological polar surface area (TPSA) is 70.4 Å². The van der Waals surface area contributed by atoms with Crippen LogP contribution in [0.15, 0.2) is 18.2 Å².